The second-order valence-electron chi connectivity index (χ2n) is 6.54. The lowest BCUT2D eigenvalue weighted by Crippen LogP contribution is -2.29. The standard InChI is InChI=1S/C19H26ClN3/c1-2-11-23(14-15-4-5-15)12-3-9-21-18-8-10-22-19-13-16(20)6-7-17(18)19/h6-8,10,13,15H,2-5,9,11-12,14H2,1H3,(H,21,22). The molecule has 1 fully saturated rings. The predicted molar refractivity (Wildman–Crippen MR) is 99.3 cm³/mol. The summed E-state index contributed by atoms with van der Waals surface area (Å²) in [6, 6.07) is 7.93. The average Bonchev–Trinajstić information content (AvgIpc) is 3.35. The van der Waals surface area contributed by atoms with Crippen molar-refractivity contribution in [3.8, 4) is 0 Å². The van der Waals surface area contributed by atoms with Crippen LogP contribution in [0.15, 0.2) is 30.5 Å². The van der Waals surface area contributed by atoms with Gasteiger partial charge in [0.1, 0.15) is 0 Å². The highest BCUT2D eigenvalue weighted by atomic mass is 35.5. The zero-order valence-corrected chi connectivity index (χ0v) is 14.6. The van der Waals surface area contributed by atoms with Crippen molar-refractivity contribution in [2.45, 2.75) is 32.6 Å². The largest absolute Gasteiger partial charge is 0.384 e. The Bertz CT molecular complexity index is 640. The van der Waals surface area contributed by atoms with Crippen molar-refractivity contribution in [2.24, 2.45) is 5.92 Å². The van der Waals surface area contributed by atoms with Crippen LogP contribution in [0.4, 0.5) is 5.69 Å². The normalized spacial score (nSPS) is 14.6. The molecule has 0 bridgehead atoms. The van der Waals surface area contributed by atoms with Crippen LogP contribution in [-0.2, 0) is 0 Å². The molecule has 0 aliphatic heterocycles. The third kappa shape index (κ3) is 4.82. The predicted octanol–water partition coefficient (Wildman–Crippen LogP) is 4.81. The monoisotopic (exact) mass is 331 g/mol. The molecule has 4 heteroatoms. The van der Waals surface area contributed by atoms with Crippen molar-refractivity contribution < 1.29 is 0 Å². The minimum absolute atomic E-state index is 0.734. The topological polar surface area (TPSA) is 28.2 Å². The molecule has 0 unspecified atom stereocenters. The Hall–Kier alpha value is -1.32. The highest BCUT2D eigenvalue weighted by Gasteiger charge is 2.23. The van der Waals surface area contributed by atoms with Crippen molar-refractivity contribution in [1.29, 1.82) is 0 Å². The number of fused-ring (bicyclic) bond motifs is 1. The average molecular weight is 332 g/mol. The SMILES string of the molecule is CCCN(CCCNc1ccnc2cc(Cl)ccc12)CC1CC1. The molecule has 0 atom stereocenters. The summed E-state index contributed by atoms with van der Waals surface area (Å²) in [5, 5.41) is 5.44. The first-order chi connectivity index (χ1) is 11.3. The van der Waals surface area contributed by atoms with E-state index in [1.807, 2.05) is 30.5 Å². The van der Waals surface area contributed by atoms with E-state index in [0.717, 1.165) is 34.1 Å². The van der Waals surface area contributed by atoms with Gasteiger partial charge in [0.05, 0.1) is 5.52 Å². The number of benzene rings is 1. The van der Waals surface area contributed by atoms with Gasteiger partial charge in [-0.2, -0.15) is 0 Å². The molecule has 3 nitrogen and oxygen atoms in total. The summed E-state index contributed by atoms with van der Waals surface area (Å²) in [5.74, 6) is 0.975. The van der Waals surface area contributed by atoms with Crippen LogP contribution in [0.1, 0.15) is 32.6 Å². The highest BCUT2D eigenvalue weighted by Crippen LogP contribution is 2.29. The van der Waals surface area contributed by atoms with E-state index in [2.05, 4.69) is 22.1 Å². The van der Waals surface area contributed by atoms with E-state index in [9.17, 15) is 0 Å². The maximum atomic E-state index is 6.04. The van der Waals surface area contributed by atoms with Crippen LogP contribution in [-0.4, -0.2) is 36.1 Å². The molecule has 0 saturated heterocycles. The molecule has 1 heterocycles. The molecule has 23 heavy (non-hydrogen) atoms. The molecular formula is C19H26ClN3. The number of anilines is 1. The fourth-order valence-electron chi connectivity index (χ4n) is 3.08. The number of hydrogen-bond acceptors (Lipinski definition) is 3. The fraction of sp³-hybridized carbons (Fsp3) is 0.526. The highest BCUT2D eigenvalue weighted by molar-refractivity contribution is 6.31. The number of aromatic nitrogens is 1. The van der Waals surface area contributed by atoms with E-state index < -0.39 is 0 Å². The molecule has 1 aliphatic carbocycles. The van der Waals surface area contributed by atoms with Gasteiger partial charge in [0, 0.05) is 35.4 Å². The van der Waals surface area contributed by atoms with Crippen molar-refractivity contribution in [3.63, 3.8) is 0 Å². The summed E-state index contributed by atoms with van der Waals surface area (Å²) in [6.07, 6.45) is 7.13. The maximum absolute atomic E-state index is 6.04. The third-order valence-corrected chi connectivity index (χ3v) is 4.66. The first-order valence-electron chi connectivity index (χ1n) is 8.76. The van der Waals surface area contributed by atoms with Gasteiger partial charge >= 0.3 is 0 Å². The Morgan fingerprint density at radius 3 is 2.91 bits per heavy atom. The van der Waals surface area contributed by atoms with Gasteiger partial charge in [0.25, 0.3) is 0 Å². The lowest BCUT2D eigenvalue weighted by molar-refractivity contribution is 0.262. The first kappa shape index (κ1) is 16.5. The van der Waals surface area contributed by atoms with Gasteiger partial charge in [-0.1, -0.05) is 18.5 Å². The molecule has 1 aromatic carbocycles. The number of rotatable bonds is 9. The molecule has 1 saturated carbocycles. The maximum Gasteiger partial charge on any atom is 0.0737 e. The van der Waals surface area contributed by atoms with Gasteiger partial charge in [-0.05, 0) is 69.0 Å². The number of nitrogens with zero attached hydrogens (tertiary/aromatic N) is 2. The van der Waals surface area contributed by atoms with Crippen LogP contribution in [0, 0.1) is 5.92 Å². The fourth-order valence-corrected chi connectivity index (χ4v) is 3.24. The molecule has 3 rings (SSSR count). The van der Waals surface area contributed by atoms with Crippen LogP contribution < -0.4 is 5.32 Å². The smallest absolute Gasteiger partial charge is 0.0737 e. The van der Waals surface area contributed by atoms with Crippen molar-refractivity contribution >= 4 is 28.2 Å². The van der Waals surface area contributed by atoms with Crippen molar-refractivity contribution in [3.05, 3.63) is 35.5 Å². The minimum Gasteiger partial charge on any atom is -0.384 e. The molecule has 2 aromatic rings. The van der Waals surface area contributed by atoms with E-state index in [0.29, 0.717) is 0 Å². The van der Waals surface area contributed by atoms with Gasteiger partial charge in [0.15, 0.2) is 0 Å². The van der Waals surface area contributed by atoms with Crippen molar-refractivity contribution in [1.82, 2.24) is 9.88 Å². The molecule has 1 aliphatic rings. The molecule has 124 valence electrons. The Kier molecular flexibility index (Phi) is 5.74. The minimum atomic E-state index is 0.734. The van der Waals surface area contributed by atoms with Gasteiger partial charge in [-0.25, -0.2) is 0 Å². The van der Waals surface area contributed by atoms with E-state index in [1.165, 1.54) is 45.3 Å². The lowest BCUT2D eigenvalue weighted by Gasteiger charge is -2.21. The zero-order valence-electron chi connectivity index (χ0n) is 13.9. The van der Waals surface area contributed by atoms with E-state index in [4.69, 9.17) is 11.6 Å². The first-order valence-corrected chi connectivity index (χ1v) is 9.14. The second-order valence-corrected chi connectivity index (χ2v) is 6.98. The van der Waals surface area contributed by atoms with Gasteiger partial charge in [-0.15, -0.1) is 0 Å². The number of pyridine rings is 1. The van der Waals surface area contributed by atoms with Crippen LogP contribution in [0.25, 0.3) is 10.9 Å². The molecule has 0 amide bonds. The molecule has 0 radical (unpaired) electrons. The summed E-state index contributed by atoms with van der Waals surface area (Å²) in [7, 11) is 0. The van der Waals surface area contributed by atoms with Crippen molar-refractivity contribution in [2.75, 3.05) is 31.5 Å². The lowest BCUT2D eigenvalue weighted by atomic mass is 10.2. The Labute approximate surface area is 144 Å². The second kappa shape index (κ2) is 7.98. The number of nitrogens with one attached hydrogen (secondary N) is 1. The van der Waals surface area contributed by atoms with Gasteiger partial charge in [-0.3, -0.25) is 4.98 Å². The molecule has 1 N–H and O–H groups in total. The Balaban J connectivity index is 1.51. The third-order valence-electron chi connectivity index (χ3n) is 4.42. The van der Waals surface area contributed by atoms with Crippen LogP contribution in [0.5, 0.6) is 0 Å². The number of halogens is 1. The summed E-state index contributed by atoms with van der Waals surface area (Å²) in [4.78, 5) is 7.02. The van der Waals surface area contributed by atoms with E-state index in [-0.39, 0.29) is 0 Å². The van der Waals surface area contributed by atoms with Gasteiger partial charge in [0.2, 0.25) is 0 Å². The number of hydrogen-bond donors (Lipinski definition) is 1. The molecular weight excluding hydrogens is 306 g/mol. The summed E-state index contributed by atoms with van der Waals surface area (Å²) < 4.78 is 0. The van der Waals surface area contributed by atoms with Crippen LogP contribution in [0.3, 0.4) is 0 Å². The van der Waals surface area contributed by atoms with E-state index >= 15 is 0 Å². The summed E-state index contributed by atoms with van der Waals surface area (Å²) in [6.45, 7) is 6.98. The Morgan fingerprint density at radius 2 is 2.13 bits per heavy atom. The molecule has 0 spiro atoms. The zero-order chi connectivity index (χ0) is 16.1. The van der Waals surface area contributed by atoms with Gasteiger partial charge < -0.3 is 10.2 Å². The van der Waals surface area contributed by atoms with Crippen LogP contribution >= 0.6 is 11.6 Å². The summed E-state index contributed by atoms with van der Waals surface area (Å²) in [5.41, 5.74) is 2.10. The summed E-state index contributed by atoms with van der Waals surface area (Å²) >= 11 is 6.04. The molecule has 1 aromatic heterocycles. The quantitative estimate of drug-likeness (QED) is 0.668. The van der Waals surface area contributed by atoms with E-state index in [1.54, 1.807) is 0 Å². The Morgan fingerprint density at radius 1 is 1.26 bits per heavy atom. The van der Waals surface area contributed by atoms with Crippen LogP contribution in [0.2, 0.25) is 5.02 Å².